The van der Waals surface area contributed by atoms with Crippen molar-refractivity contribution in [2.75, 3.05) is 25.4 Å². The Bertz CT molecular complexity index is 1580. The van der Waals surface area contributed by atoms with Crippen LogP contribution >= 0.6 is 11.3 Å². The highest BCUT2D eigenvalue weighted by Crippen LogP contribution is 2.41. The minimum Gasteiger partial charge on any atom is -0.490 e. The van der Waals surface area contributed by atoms with E-state index in [-0.39, 0.29) is 23.7 Å². The number of nitriles is 1. The number of nitrogens with one attached hydrogen (secondary N) is 1. The van der Waals surface area contributed by atoms with Gasteiger partial charge < -0.3 is 14.4 Å². The number of carbonyl (C=O) groups is 1. The summed E-state index contributed by atoms with van der Waals surface area (Å²) in [5, 5.41) is 10.4. The summed E-state index contributed by atoms with van der Waals surface area (Å²) in [6, 6.07) is 13.6. The third-order valence-electron chi connectivity index (χ3n) is 8.03. The molecule has 1 fully saturated rings. The zero-order chi connectivity index (χ0) is 29.9. The Morgan fingerprint density at radius 2 is 2.00 bits per heavy atom. The van der Waals surface area contributed by atoms with Crippen molar-refractivity contribution in [3.05, 3.63) is 59.3 Å². The maximum atomic E-state index is 13.1. The number of piperidine rings is 1. The van der Waals surface area contributed by atoms with E-state index in [0.717, 1.165) is 70.9 Å². The molecule has 2 heterocycles. The van der Waals surface area contributed by atoms with Crippen molar-refractivity contribution < 1.29 is 17.9 Å². The summed E-state index contributed by atoms with van der Waals surface area (Å²) in [6.07, 6.45) is 5.86. The molecule has 3 aromatic rings. The molecule has 0 spiro atoms. The number of hydrogen-bond acceptors (Lipinski definition) is 8. The molecule has 8 nitrogen and oxygen atoms in total. The monoisotopic (exact) mass is 606 g/mol. The van der Waals surface area contributed by atoms with Gasteiger partial charge in [0, 0.05) is 30.8 Å². The Labute approximate surface area is 252 Å². The third-order valence-corrected chi connectivity index (χ3v) is 10.5. The van der Waals surface area contributed by atoms with Crippen LogP contribution in [0.15, 0.2) is 42.6 Å². The largest absolute Gasteiger partial charge is 0.490 e. The molecule has 222 valence electrons. The highest BCUT2D eigenvalue weighted by molar-refractivity contribution is 7.89. The first-order valence-electron chi connectivity index (χ1n) is 14.6. The molecule has 5 rings (SSSR count). The minimum absolute atomic E-state index is 0.0231. The number of Topliss-reactive ketones (excluding diaryl/α,β-unsaturated/α-hetero) is 1. The molecule has 10 heteroatoms. The molecule has 42 heavy (non-hydrogen) atoms. The lowest BCUT2D eigenvalue weighted by atomic mass is 9.92. The fraction of sp³-hybridized carbons (Fsp3) is 0.469. The molecule has 2 aliphatic rings. The van der Waals surface area contributed by atoms with Gasteiger partial charge in [-0.15, -0.1) is 11.3 Å². The predicted molar refractivity (Wildman–Crippen MR) is 166 cm³/mol. The van der Waals surface area contributed by atoms with Crippen molar-refractivity contribution in [1.29, 1.82) is 5.26 Å². The highest BCUT2D eigenvalue weighted by Gasteiger charge is 2.29. The summed E-state index contributed by atoms with van der Waals surface area (Å²) in [5.74, 6) is 1.29. The van der Waals surface area contributed by atoms with E-state index in [1.54, 1.807) is 18.3 Å². The lowest BCUT2D eigenvalue weighted by Gasteiger charge is -2.31. The fourth-order valence-corrected chi connectivity index (χ4v) is 8.25. The maximum Gasteiger partial charge on any atom is 0.213 e. The average Bonchev–Trinajstić information content (AvgIpc) is 3.60. The summed E-state index contributed by atoms with van der Waals surface area (Å²) >= 11 is 1.56. The van der Waals surface area contributed by atoms with Gasteiger partial charge in [0.1, 0.15) is 22.6 Å². The summed E-state index contributed by atoms with van der Waals surface area (Å²) < 4.78 is 34.9. The molecular formula is C32H38N4O4S2. The van der Waals surface area contributed by atoms with Crippen LogP contribution in [0.1, 0.15) is 69.2 Å². The van der Waals surface area contributed by atoms with Gasteiger partial charge >= 0.3 is 0 Å². The fourth-order valence-electron chi connectivity index (χ4n) is 5.99. The van der Waals surface area contributed by atoms with E-state index in [1.807, 2.05) is 50.4 Å². The van der Waals surface area contributed by atoms with Crippen molar-refractivity contribution in [1.82, 2.24) is 14.6 Å². The number of benzene rings is 2. The number of sulfonamides is 1. The molecule has 0 amide bonds. The quantitative estimate of drug-likeness (QED) is 0.297. The van der Waals surface area contributed by atoms with Crippen molar-refractivity contribution in [3.8, 4) is 32.8 Å². The second kappa shape index (κ2) is 13.0. The van der Waals surface area contributed by atoms with Crippen LogP contribution in [0.4, 0.5) is 0 Å². The van der Waals surface area contributed by atoms with Gasteiger partial charge in [-0.3, -0.25) is 0 Å². The number of aromatic nitrogens is 1. The molecule has 2 aromatic carbocycles. The molecule has 0 saturated carbocycles. The number of hydrogen-bond donors (Lipinski definition) is 1. The van der Waals surface area contributed by atoms with Crippen LogP contribution in [0.5, 0.6) is 5.75 Å². The Morgan fingerprint density at radius 1 is 1.21 bits per heavy atom. The van der Waals surface area contributed by atoms with Crippen LogP contribution in [-0.4, -0.2) is 55.6 Å². The number of carbonyl (C=O) groups excluding carboxylic acids is 1. The van der Waals surface area contributed by atoms with Gasteiger partial charge in [-0.2, -0.15) is 5.26 Å². The normalized spacial score (nSPS) is 17.7. The number of thiazole rings is 1. The van der Waals surface area contributed by atoms with Crippen LogP contribution < -0.4 is 9.46 Å². The molecule has 1 aliphatic heterocycles. The molecule has 1 aromatic heterocycles. The Morgan fingerprint density at radius 3 is 2.71 bits per heavy atom. The zero-order valence-electron chi connectivity index (χ0n) is 24.4. The Balaban J connectivity index is 1.25. The van der Waals surface area contributed by atoms with Crippen LogP contribution in [0.3, 0.4) is 0 Å². The van der Waals surface area contributed by atoms with E-state index in [9.17, 15) is 18.5 Å². The first kappa shape index (κ1) is 30.4. The van der Waals surface area contributed by atoms with Crippen molar-refractivity contribution >= 4 is 27.1 Å². The van der Waals surface area contributed by atoms with Gasteiger partial charge in [-0.05, 0) is 100 Å². The lowest BCUT2D eigenvalue weighted by Crippen LogP contribution is -2.40. The lowest BCUT2D eigenvalue weighted by molar-refractivity contribution is -0.118. The zero-order valence-corrected chi connectivity index (χ0v) is 26.1. The molecular weight excluding hydrogens is 569 g/mol. The summed E-state index contributed by atoms with van der Waals surface area (Å²) in [4.78, 5) is 19.3. The van der Waals surface area contributed by atoms with E-state index in [4.69, 9.17) is 4.74 Å². The van der Waals surface area contributed by atoms with Gasteiger partial charge in [-0.25, -0.2) is 18.1 Å². The minimum atomic E-state index is -3.46. The smallest absolute Gasteiger partial charge is 0.213 e. The van der Waals surface area contributed by atoms with E-state index in [2.05, 4.69) is 26.7 Å². The number of likely N-dealkylation sites (tertiary alicyclic amines) is 1. The second-order valence-corrected chi connectivity index (χ2v) is 14.5. The SMILES string of the molecule is CC(=O)CC1CCN(CCS(=O)(=O)N[C@@H]2CCc3c(-c4cnc(-c5ccc(OC(C)C)c(C#N)c5)s4)cccc32)CC1. The van der Waals surface area contributed by atoms with Gasteiger partial charge in [0.2, 0.25) is 10.0 Å². The summed E-state index contributed by atoms with van der Waals surface area (Å²) in [7, 11) is -3.46. The Kier molecular flexibility index (Phi) is 9.43. The predicted octanol–water partition coefficient (Wildman–Crippen LogP) is 5.73. The van der Waals surface area contributed by atoms with Crippen LogP contribution in [-0.2, 0) is 21.2 Å². The number of ketones is 1. The molecule has 1 N–H and O–H groups in total. The molecule has 1 atom stereocenters. The van der Waals surface area contributed by atoms with Crippen molar-refractivity contribution in [2.45, 2.75) is 65.0 Å². The first-order valence-corrected chi connectivity index (χ1v) is 17.1. The molecule has 0 bridgehead atoms. The van der Waals surface area contributed by atoms with Gasteiger partial charge in [-0.1, -0.05) is 18.2 Å². The average molecular weight is 607 g/mol. The number of rotatable bonds is 11. The number of ether oxygens (including phenoxy) is 1. The van der Waals surface area contributed by atoms with E-state index >= 15 is 0 Å². The van der Waals surface area contributed by atoms with Crippen LogP contribution in [0.2, 0.25) is 0 Å². The van der Waals surface area contributed by atoms with E-state index in [1.165, 1.54) is 0 Å². The molecule has 1 saturated heterocycles. The molecule has 1 aliphatic carbocycles. The maximum absolute atomic E-state index is 13.1. The number of nitrogens with zero attached hydrogens (tertiary/aromatic N) is 3. The van der Waals surface area contributed by atoms with Gasteiger partial charge in [0.25, 0.3) is 0 Å². The standard InChI is InChI=1S/C32H38N4O4S2/c1-21(2)40-30-10-7-24(18-25(30)19-33)32-34-20-31(41-32)28-6-4-5-27-26(28)8-9-29(27)35-42(38,39)16-15-36-13-11-23(12-14-36)17-22(3)37/h4-7,10,18,20-21,23,29,35H,8-9,11-17H2,1-3H3/t29-/m1/s1. The Hall–Kier alpha value is -3.10. The topological polar surface area (TPSA) is 112 Å². The van der Waals surface area contributed by atoms with E-state index in [0.29, 0.717) is 30.2 Å². The highest BCUT2D eigenvalue weighted by atomic mass is 32.2. The first-order chi connectivity index (χ1) is 20.1. The second-order valence-electron chi connectivity index (χ2n) is 11.6. The summed E-state index contributed by atoms with van der Waals surface area (Å²) in [6.45, 7) is 7.68. The van der Waals surface area contributed by atoms with Crippen LogP contribution in [0.25, 0.3) is 21.0 Å². The van der Waals surface area contributed by atoms with Crippen LogP contribution in [0, 0.1) is 17.2 Å². The number of fused-ring (bicyclic) bond motifs is 1. The molecule has 0 unspecified atom stereocenters. The molecule has 0 radical (unpaired) electrons. The van der Waals surface area contributed by atoms with E-state index < -0.39 is 10.0 Å². The van der Waals surface area contributed by atoms with Crippen molar-refractivity contribution in [3.63, 3.8) is 0 Å². The van der Waals surface area contributed by atoms with Crippen molar-refractivity contribution in [2.24, 2.45) is 5.92 Å². The third kappa shape index (κ3) is 7.27. The summed E-state index contributed by atoms with van der Waals surface area (Å²) in [5.41, 5.74) is 4.60. The van der Waals surface area contributed by atoms with Gasteiger partial charge in [0.15, 0.2) is 0 Å². The van der Waals surface area contributed by atoms with Gasteiger partial charge in [0.05, 0.1) is 22.3 Å².